The van der Waals surface area contributed by atoms with Crippen molar-refractivity contribution in [2.24, 2.45) is 10.9 Å². The molecule has 148 valence electrons. The highest BCUT2D eigenvalue weighted by atomic mass is 127. The lowest BCUT2D eigenvalue weighted by Crippen LogP contribution is -2.41. The molecule has 0 spiro atoms. The Morgan fingerprint density at radius 2 is 2.12 bits per heavy atom. The molecule has 1 saturated carbocycles. The van der Waals surface area contributed by atoms with Crippen LogP contribution in [0, 0.1) is 12.8 Å². The summed E-state index contributed by atoms with van der Waals surface area (Å²) in [5, 5.41) is 16.3. The number of guanidine groups is 1. The summed E-state index contributed by atoms with van der Waals surface area (Å²) < 4.78 is 29.7. The van der Waals surface area contributed by atoms with Crippen molar-refractivity contribution in [3.8, 4) is 5.75 Å². The van der Waals surface area contributed by atoms with Gasteiger partial charge in [0.05, 0.1) is 12.6 Å². The summed E-state index contributed by atoms with van der Waals surface area (Å²) in [7, 11) is 0. The Balaban J connectivity index is 0.00000338. The van der Waals surface area contributed by atoms with Gasteiger partial charge in [-0.05, 0) is 32.8 Å². The van der Waals surface area contributed by atoms with Gasteiger partial charge in [0.25, 0.3) is 0 Å². The monoisotopic (exact) mass is 483 g/mol. The summed E-state index contributed by atoms with van der Waals surface area (Å²) in [5.74, 6) is 0.970. The zero-order chi connectivity index (χ0) is 18.2. The lowest BCUT2D eigenvalue weighted by molar-refractivity contribution is -0.0504. The van der Waals surface area contributed by atoms with E-state index >= 15 is 0 Å². The van der Waals surface area contributed by atoms with Gasteiger partial charge in [-0.1, -0.05) is 24.1 Å². The second-order valence-corrected chi connectivity index (χ2v) is 6.32. The molecule has 5 nitrogen and oxygen atoms in total. The molecule has 0 aromatic heterocycles. The van der Waals surface area contributed by atoms with Gasteiger partial charge in [-0.2, -0.15) is 8.78 Å². The fourth-order valence-corrected chi connectivity index (χ4v) is 3.03. The van der Waals surface area contributed by atoms with Crippen LogP contribution in [0.25, 0.3) is 0 Å². The number of halogens is 3. The summed E-state index contributed by atoms with van der Waals surface area (Å²) in [4.78, 5) is 4.47. The highest BCUT2D eigenvalue weighted by Gasteiger charge is 2.25. The molecule has 0 aliphatic heterocycles. The van der Waals surface area contributed by atoms with Crippen molar-refractivity contribution in [1.82, 2.24) is 10.6 Å². The minimum Gasteiger partial charge on any atom is -0.434 e. The molecule has 0 saturated heterocycles. The molecule has 1 aromatic rings. The third-order valence-corrected chi connectivity index (χ3v) is 4.33. The first kappa shape index (κ1) is 22.9. The van der Waals surface area contributed by atoms with Crippen molar-refractivity contribution in [3.05, 3.63) is 29.3 Å². The maximum absolute atomic E-state index is 12.5. The third kappa shape index (κ3) is 7.22. The molecule has 0 amide bonds. The van der Waals surface area contributed by atoms with Gasteiger partial charge in [0.2, 0.25) is 0 Å². The third-order valence-electron chi connectivity index (χ3n) is 4.33. The molecule has 0 radical (unpaired) electrons. The van der Waals surface area contributed by atoms with Gasteiger partial charge in [0, 0.05) is 24.6 Å². The fourth-order valence-electron chi connectivity index (χ4n) is 3.03. The van der Waals surface area contributed by atoms with Crippen LogP contribution in [-0.4, -0.2) is 36.9 Å². The van der Waals surface area contributed by atoms with E-state index < -0.39 is 6.61 Å². The second kappa shape index (κ2) is 11.5. The highest BCUT2D eigenvalue weighted by molar-refractivity contribution is 14.0. The second-order valence-electron chi connectivity index (χ2n) is 6.32. The number of aliphatic hydroxyl groups excluding tert-OH is 1. The summed E-state index contributed by atoms with van der Waals surface area (Å²) in [6, 6.07) is 5.07. The fraction of sp³-hybridized carbons (Fsp3) is 0.611. The first-order valence-electron chi connectivity index (χ1n) is 8.74. The number of alkyl halides is 2. The summed E-state index contributed by atoms with van der Waals surface area (Å²) >= 11 is 0. The van der Waals surface area contributed by atoms with Crippen molar-refractivity contribution in [2.75, 3.05) is 13.1 Å². The molecule has 2 rings (SSSR count). The molecule has 1 aliphatic carbocycles. The van der Waals surface area contributed by atoms with Crippen molar-refractivity contribution in [1.29, 1.82) is 0 Å². The van der Waals surface area contributed by atoms with Gasteiger partial charge >= 0.3 is 6.61 Å². The van der Waals surface area contributed by atoms with E-state index in [1.165, 1.54) is 0 Å². The van der Waals surface area contributed by atoms with Crippen molar-refractivity contribution in [3.63, 3.8) is 0 Å². The van der Waals surface area contributed by atoms with Crippen LogP contribution < -0.4 is 15.4 Å². The zero-order valence-corrected chi connectivity index (χ0v) is 17.5. The number of ether oxygens (including phenoxy) is 1. The largest absolute Gasteiger partial charge is 0.434 e. The predicted molar refractivity (Wildman–Crippen MR) is 109 cm³/mol. The standard InChI is InChI=1S/C18H27F2N3O2.HI/c1-3-21-18(22-10-13-5-4-6-15(13)24)23-11-14-9-12(2)7-8-16(14)25-17(19)20;/h7-9,13,15,17,24H,3-6,10-11H2,1-2H3,(H2,21,22,23);1H. The minimum absolute atomic E-state index is 0. The zero-order valence-electron chi connectivity index (χ0n) is 15.2. The van der Waals surface area contributed by atoms with Gasteiger partial charge in [0.1, 0.15) is 5.75 Å². The van der Waals surface area contributed by atoms with Gasteiger partial charge in [-0.25, -0.2) is 4.99 Å². The number of hydrogen-bond acceptors (Lipinski definition) is 3. The molecule has 0 heterocycles. The molecule has 1 aliphatic rings. The molecule has 1 aromatic carbocycles. The van der Waals surface area contributed by atoms with Crippen LogP contribution >= 0.6 is 24.0 Å². The number of hydrogen-bond donors (Lipinski definition) is 3. The Labute approximate surface area is 170 Å². The Kier molecular flexibility index (Phi) is 10.1. The van der Waals surface area contributed by atoms with Crippen LogP contribution in [0.15, 0.2) is 23.2 Å². The van der Waals surface area contributed by atoms with Crippen LogP contribution in [0.2, 0.25) is 0 Å². The lowest BCUT2D eigenvalue weighted by Gasteiger charge is -2.18. The van der Waals surface area contributed by atoms with Gasteiger partial charge in [-0.15, -0.1) is 24.0 Å². The summed E-state index contributed by atoms with van der Waals surface area (Å²) in [6.07, 6.45) is 2.62. The van der Waals surface area contributed by atoms with Crippen LogP contribution in [0.3, 0.4) is 0 Å². The first-order chi connectivity index (χ1) is 12.0. The average Bonchev–Trinajstić information content (AvgIpc) is 2.97. The summed E-state index contributed by atoms with van der Waals surface area (Å²) in [6.45, 7) is 2.55. The van der Waals surface area contributed by atoms with Crippen molar-refractivity contribution in [2.45, 2.75) is 52.4 Å². The van der Waals surface area contributed by atoms with E-state index in [9.17, 15) is 13.9 Å². The van der Waals surface area contributed by atoms with Crippen LogP contribution in [0.1, 0.15) is 37.3 Å². The molecular weight excluding hydrogens is 455 g/mol. The van der Waals surface area contributed by atoms with E-state index in [-0.39, 0.29) is 48.3 Å². The Hall–Kier alpha value is -1.16. The van der Waals surface area contributed by atoms with Crippen molar-refractivity contribution < 1.29 is 18.6 Å². The molecule has 8 heteroatoms. The van der Waals surface area contributed by atoms with Gasteiger partial charge in [-0.3, -0.25) is 0 Å². The smallest absolute Gasteiger partial charge is 0.387 e. The lowest BCUT2D eigenvalue weighted by atomic mass is 10.1. The first-order valence-corrected chi connectivity index (χ1v) is 8.74. The number of nitrogens with zero attached hydrogens (tertiary/aromatic N) is 1. The quantitative estimate of drug-likeness (QED) is 0.316. The predicted octanol–water partition coefficient (Wildman–Crippen LogP) is 3.43. The highest BCUT2D eigenvalue weighted by Crippen LogP contribution is 2.25. The molecule has 1 fully saturated rings. The minimum atomic E-state index is -2.86. The number of aryl methyl sites for hydroxylation is 1. The van der Waals surface area contributed by atoms with Crippen LogP contribution in [0.4, 0.5) is 8.78 Å². The van der Waals surface area contributed by atoms with Gasteiger partial charge in [0.15, 0.2) is 5.96 Å². The maximum Gasteiger partial charge on any atom is 0.387 e. The molecular formula is C18H28F2IN3O2. The normalized spacial score (nSPS) is 20.0. The van der Waals surface area contributed by atoms with E-state index in [0.717, 1.165) is 24.8 Å². The Morgan fingerprint density at radius 1 is 1.35 bits per heavy atom. The average molecular weight is 483 g/mol. The molecule has 3 N–H and O–H groups in total. The number of aliphatic hydroxyl groups is 1. The van der Waals surface area contributed by atoms with E-state index in [1.807, 2.05) is 13.8 Å². The number of benzene rings is 1. The topological polar surface area (TPSA) is 65.9 Å². The van der Waals surface area contributed by atoms with Crippen molar-refractivity contribution >= 4 is 29.9 Å². The van der Waals surface area contributed by atoms with E-state index in [0.29, 0.717) is 24.6 Å². The Bertz CT molecular complexity index is 588. The number of nitrogens with one attached hydrogen (secondary N) is 2. The van der Waals surface area contributed by atoms with Gasteiger partial charge < -0.3 is 20.5 Å². The van der Waals surface area contributed by atoms with Crippen LogP contribution in [-0.2, 0) is 6.54 Å². The SMILES string of the molecule is CCNC(=NCc1cc(C)ccc1OC(F)F)NCC1CCCC1O.I. The molecule has 2 atom stereocenters. The number of rotatable bonds is 7. The van der Waals surface area contributed by atoms with E-state index in [2.05, 4.69) is 20.4 Å². The maximum atomic E-state index is 12.5. The molecule has 2 unspecified atom stereocenters. The summed E-state index contributed by atoms with van der Waals surface area (Å²) in [5.41, 5.74) is 1.57. The number of aliphatic imine (C=N–C) groups is 1. The van der Waals surface area contributed by atoms with E-state index in [4.69, 9.17) is 0 Å². The molecule has 0 bridgehead atoms. The van der Waals surface area contributed by atoms with Crippen LogP contribution in [0.5, 0.6) is 5.75 Å². The molecule has 26 heavy (non-hydrogen) atoms. The Morgan fingerprint density at radius 3 is 2.73 bits per heavy atom. The van der Waals surface area contributed by atoms with E-state index in [1.54, 1.807) is 18.2 Å².